The van der Waals surface area contributed by atoms with Crippen LogP contribution in [0.3, 0.4) is 0 Å². The Hall–Kier alpha value is -3.62. The predicted molar refractivity (Wildman–Crippen MR) is 130 cm³/mol. The topological polar surface area (TPSA) is 95.6 Å². The number of amides is 2. The molecule has 0 bridgehead atoms. The van der Waals surface area contributed by atoms with Gasteiger partial charge in [-0.2, -0.15) is 0 Å². The largest absolute Gasteiger partial charge is 0.493 e. The Balaban J connectivity index is 1.43. The summed E-state index contributed by atoms with van der Waals surface area (Å²) in [7, 11) is 4.56. The fraction of sp³-hybridized carbons (Fsp3) is 0.462. The molecule has 2 aliphatic heterocycles. The lowest BCUT2D eigenvalue weighted by Gasteiger charge is -2.28. The molecule has 0 radical (unpaired) electrons. The van der Waals surface area contributed by atoms with Crippen LogP contribution in [-0.4, -0.2) is 59.4 Å². The molecule has 4 rings (SSSR count). The Morgan fingerprint density at radius 1 is 1.03 bits per heavy atom. The lowest BCUT2D eigenvalue weighted by molar-refractivity contribution is -0.126. The maximum atomic E-state index is 13.0. The number of anilines is 1. The van der Waals surface area contributed by atoms with Crippen molar-refractivity contribution >= 4 is 17.5 Å². The average molecular weight is 485 g/mol. The molecule has 2 amide bonds. The molecule has 188 valence electrons. The van der Waals surface area contributed by atoms with Gasteiger partial charge in [-0.1, -0.05) is 19.9 Å². The Morgan fingerprint density at radius 3 is 2.31 bits per heavy atom. The molecule has 35 heavy (non-hydrogen) atoms. The van der Waals surface area contributed by atoms with E-state index in [-0.39, 0.29) is 30.2 Å². The number of carbonyl (C=O) groups excluding carboxylic acids is 2. The monoisotopic (exact) mass is 484 g/mol. The van der Waals surface area contributed by atoms with Crippen molar-refractivity contribution in [1.82, 2.24) is 5.32 Å². The van der Waals surface area contributed by atoms with Crippen molar-refractivity contribution in [2.75, 3.05) is 52.5 Å². The molecule has 2 heterocycles. The summed E-state index contributed by atoms with van der Waals surface area (Å²) in [5.41, 5.74) is 1.28. The van der Waals surface area contributed by atoms with E-state index in [1.54, 1.807) is 17.0 Å². The van der Waals surface area contributed by atoms with Crippen LogP contribution in [0.2, 0.25) is 0 Å². The lowest BCUT2D eigenvalue weighted by Crippen LogP contribution is -2.40. The first kappa shape index (κ1) is 24.5. The molecule has 2 aromatic carbocycles. The predicted octanol–water partition coefficient (Wildman–Crippen LogP) is 2.93. The van der Waals surface area contributed by atoms with Gasteiger partial charge >= 0.3 is 0 Å². The van der Waals surface area contributed by atoms with Gasteiger partial charge in [-0.25, -0.2) is 0 Å². The van der Waals surface area contributed by atoms with Gasteiger partial charge in [-0.15, -0.1) is 0 Å². The Morgan fingerprint density at radius 2 is 1.69 bits per heavy atom. The highest BCUT2D eigenvalue weighted by Crippen LogP contribution is 2.42. The summed E-state index contributed by atoms with van der Waals surface area (Å²) in [6.45, 7) is 5.86. The first-order valence-corrected chi connectivity index (χ1v) is 11.6. The third kappa shape index (κ3) is 4.94. The summed E-state index contributed by atoms with van der Waals surface area (Å²) in [6, 6.07) is 9.28. The number of hydrogen-bond donors (Lipinski definition) is 1. The number of methoxy groups -OCH3 is 3. The van der Waals surface area contributed by atoms with Crippen molar-refractivity contribution in [2.24, 2.45) is 5.92 Å². The summed E-state index contributed by atoms with van der Waals surface area (Å²) in [4.78, 5) is 27.4. The second-order valence-electron chi connectivity index (χ2n) is 9.25. The standard InChI is InChI=1S/C26H32N2O7/c1-26(2,17-6-7-19-20(11-17)35-9-8-34-19)15-27-25(30)16-10-23(29)28(14-16)18-12-21(31-3)24(33-5)22(13-18)32-4/h6-7,11-13,16H,8-10,14-15H2,1-5H3,(H,27,30). The number of nitrogens with one attached hydrogen (secondary N) is 1. The van der Waals surface area contributed by atoms with Gasteiger partial charge in [0.05, 0.1) is 32.9 Å². The fourth-order valence-corrected chi connectivity index (χ4v) is 4.37. The molecule has 1 atom stereocenters. The molecule has 2 aromatic rings. The third-order valence-electron chi connectivity index (χ3n) is 6.49. The highest BCUT2D eigenvalue weighted by Gasteiger charge is 2.36. The zero-order valence-corrected chi connectivity index (χ0v) is 20.8. The van der Waals surface area contributed by atoms with Crippen LogP contribution in [-0.2, 0) is 15.0 Å². The van der Waals surface area contributed by atoms with Crippen molar-refractivity contribution in [2.45, 2.75) is 25.7 Å². The smallest absolute Gasteiger partial charge is 0.227 e. The summed E-state index contributed by atoms with van der Waals surface area (Å²) in [6.07, 6.45) is 0.132. The highest BCUT2D eigenvalue weighted by atomic mass is 16.6. The van der Waals surface area contributed by atoms with Gasteiger partial charge in [0.15, 0.2) is 23.0 Å². The summed E-state index contributed by atoms with van der Waals surface area (Å²) < 4.78 is 27.5. The maximum absolute atomic E-state index is 13.0. The molecule has 1 unspecified atom stereocenters. The van der Waals surface area contributed by atoms with Crippen LogP contribution >= 0.6 is 0 Å². The van der Waals surface area contributed by atoms with Crippen molar-refractivity contribution in [3.8, 4) is 28.7 Å². The Bertz CT molecular complexity index is 1090. The van der Waals surface area contributed by atoms with E-state index >= 15 is 0 Å². The number of carbonyl (C=O) groups is 2. The van der Waals surface area contributed by atoms with Crippen LogP contribution in [0.4, 0.5) is 5.69 Å². The molecular formula is C26H32N2O7. The molecule has 0 aromatic heterocycles. The van der Waals surface area contributed by atoms with Crippen LogP contribution in [0, 0.1) is 5.92 Å². The van der Waals surface area contributed by atoms with E-state index in [2.05, 4.69) is 19.2 Å². The van der Waals surface area contributed by atoms with Crippen LogP contribution in [0.1, 0.15) is 25.8 Å². The van der Waals surface area contributed by atoms with E-state index in [0.717, 1.165) is 17.1 Å². The molecule has 1 saturated heterocycles. The lowest BCUT2D eigenvalue weighted by atomic mass is 9.84. The number of benzene rings is 2. The first-order chi connectivity index (χ1) is 16.8. The summed E-state index contributed by atoms with van der Waals surface area (Å²) >= 11 is 0. The zero-order chi connectivity index (χ0) is 25.2. The van der Waals surface area contributed by atoms with E-state index in [1.807, 2.05) is 18.2 Å². The quantitative estimate of drug-likeness (QED) is 0.616. The van der Waals surface area contributed by atoms with E-state index in [1.165, 1.54) is 21.3 Å². The average Bonchev–Trinajstić information content (AvgIpc) is 3.27. The summed E-state index contributed by atoms with van der Waals surface area (Å²) in [5, 5.41) is 3.04. The van der Waals surface area contributed by atoms with Gasteiger partial charge in [0, 0.05) is 37.1 Å². The van der Waals surface area contributed by atoms with Gasteiger partial charge in [0.2, 0.25) is 17.6 Å². The van der Waals surface area contributed by atoms with Gasteiger partial charge in [-0.05, 0) is 17.7 Å². The minimum Gasteiger partial charge on any atom is -0.493 e. The molecule has 1 fully saturated rings. The number of fused-ring (bicyclic) bond motifs is 1. The fourth-order valence-electron chi connectivity index (χ4n) is 4.37. The van der Waals surface area contributed by atoms with Crippen LogP contribution in [0.5, 0.6) is 28.7 Å². The van der Waals surface area contributed by atoms with Gasteiger partial charge in [0.25, 0.3) is 0 Å². The molecule has 0 spiro atoms. The third-order valence-corrected chi connectivity index (χ3v) is 6.49. The Kier molecular flexibility index (Phi) is 6.95. The van der Waals surface area contributed by atoms with Crippen molar-refractivity contribution in [3.63, 3.8) is 0 Å². The maximum Gasteiger partial charge on any atom is 0.227 e. The SMILES string of the molecule is COc1cc(N2CC(C(=O)NCC(C)(C)c3ccc4c(c3)OCCO4)CC2=O)cc(OC)c1OC. The zero-order valence-electron chi connectivity index (χ0n) is 20.8. The van der Waals surface area contributed by atoms with Crippen LogP contribution < -0.4 is 33.9 Å². The van der Waals surface area contributed by atoms with Crippen molar-refractivity contribution in [3.05, 3.63) is 35.9 Å². The van der Waals surface area contributed by atoms with Crippen LogP contribution in [0.15, 0.2) is 30.3 Å². The summed E-state index contributed by atoms with van der Waals surface area (Å²) in [5.74, 6) is 2.04. The first-order valence-electron chi connectivity index (χ1n) is 11.6. The van der Waals surface area contributed by atoms with E-state index in [0.29, 0.717) is 42.7 Å². The highest BCUT2D eigenvalue weighted by molar-refractivity contribution is 6.00. The second kappa shape index (κ2) is 9.93. The molecule has 9 heteroatoms. The normalized spacial score (nSPS) is 17.2. The van der Waals surface area contributed by atoms with E-state index in [4.69, 9.17) is 23.7 Å². The minimum atomic E-state index is -0.461. The van der Waals surface area contributed by atoms with E-state index < -0.39 is 5.92 Å². The number of rotatable bonds is 8. The molecule has 1 N–H and O–H groups in total. The number of hydrogen-bond acceptors (Lipinski definition) is 7. The molecule has 0 saturated carbocycles. The number of ether oxygens (including phenoxy) is 5. The molecular weight excluding hydrogens is 452 g/mol. The molecule has 0 aliphatic carbocycles. The van der Waals surface area contributed by atoms with Crippen molar-refractivity contribution in [1.29, 1.82) is 0 Å². The Labute approximate surface area is 205 Å². The minimum absolute atomic E-state index is 0.132. The van der Waals surface area contributed by atoms with Gasteiger partial charge < -0.3 is 33.9 Å². The number of nitrogens with zero attached hydrogens (tertiary/aromatic N) is 1. The van der Waals surface area contributed by atoms with Crippen molar-refractivity contribution < 1.29 is 33.3 Å². The van der Waals surface area contributed by atoms with Gasteiger partial charge in [-0.3, -0.25) is 9.59 Å². The second-order valence-corrected chi connectivity index (χ2v) is 9.25. The molecule has 2 aliphatic rings. The van der Waals surface area contributed by atoms with Crippen LogP contribution in [0.25, 0.3) is 0 Å². The molecule has 9 nitrogen and oxygen atoms in total. The van der Waals surface area contributed by atoms with Gasteiger partial charge in [0.1, 0.15) is 13.2 Å². The van der Waals surface area contributed by atoms with E-state index in [9.17, 15) is 9.59 Å².